The van der Waals surface area contributed by atoms with Crippen molar-refractivity contribution in [3.8, 4) is 0 Å². The van der Waals surface area contributed by atoms with Crippen LogP contribution in [0, 0.1) is 5.41 Å². The van der Waals surface area contributed by atoms with Crippen molar-refractivity contribution in [1.29, 1.82) is 0 Å². The molecule has 24 heavy (non-hydrogen) atoms. The van der Waals surface area contributed by atoms with Gasteiger partial charge in [0.15, 0.2) is 0 Å². The lowest BCUT2D eigenvalue weighted by molar-refractivity contribution is -0.0162. The highest BCUT2D eigenvalue weighted by Crippen LogP contribution is 2.32. The first-order chi connectivity index (χ1) is 10.9. The maximum absolute atomic E-state index is 12.6. The van der Waals surface area contributed by atoms with Crippen molar-refractivity contribution in [2.24, 2.45) is 5.41 Å². The van der Waals surface area contributed by atoms with Crippen LogP contribution in [0.1, 0.15) is 65.6 Å². The minimum absolute atomic E-state index is 0.0425. The van der Waals surface area contributed by atoms with Crippen LogP contribution in [0.4, 0.5) is 0 Å². The summed E-state index contributed by atoms with van der Waals surface area (Å²) < 4.78 is 28.4. The van der Waals surface area contributed by atoms with Crippen molar-refractivity contribution in [2.75, 3.05) is 18.8 Å². The van der Waals surface area contributed by atoms with Gasteiger partial charge in [-0.1, -0.05) is 26.0 Å². The van der Waals surface area contributed by atoms with Gasteiger partial charge in [-0.3, -0.25) is 0 Å². The molecule has 1 saturated heterocycles. The Hall–Kier alpha value is -0.990. The van der Waals surface area contributed by atoms with Crippen LogP contribution in [0.3, 0.4) is 0 Å². The molecule has 8 heteroatoms. The third kappa shape index (κ3) is 4.55. The molecule has 7 nitrogen and oxygen atoms in total. The molecule has 1 N–H and O–H groups in total. The second kappa shape index (κ2) is 6.72. The molecule has 0 radical (unpaired) electrons. The molecule has 0 aliphatic carbocycles. The van der Waals surface area contributed by atoms with Gasteiger partial charge in [-0.05, 0) is 38.5 Å². The molecule has 0 saturated carbocycles. The Morgan fingerprint density at radius 1 is 1.38 bits per heavy atom. The van der Waals surface area contributed by atoms with E-state index in [1.165, 1.54) is 4.31 Å². The molecule has 2 rings (SSSR count). The molecule has 0 amide bonds. The van der Waals surface area contributed by atoms with Gasteiger partial charge in [0.2, 0.25) is 10.0 Å². The quantitative estimate of drug-likeness (QED) is 0.868. The van der Waals surface area contributed by atoms with E-state index < -0.39 is 15.6 Å². The lowest BCUT2D eigenvalue weighted by atomic mass is 9.91. The Balaban J connectivity index is 2.15. The van der Waals surface area contributed by atoms with Gasteiger partial charge in [-0.25, -0.2) is 13.1 Å². The van der Waals surface area contributed by atoms with Gasteiger partial charge < -0.3 is 5.11 Å². The number of hydrogen-bond donors (Lipinski definition) is 1. The van der Waals surface area contributed by atoms with Crippen molar-refractivity contribution in [2.45, 2.75) is 65.5 Å². The molecular weight excluding hydrogens is 328 g/mol. The predicted molar refractivity (Wildman–Crippen MR) is 93.0 cm³/mol. The lowest BCUT2D eigenvalue weighted by Gasteiger charge is -2.37. The fourth-order valence-electron chi connectivity index (χ4n) is 2.75. The Morgan fingerprint density at radius 2 is 2.04 bits per heavy atom. The van der Waals surface area contributed by atoms with E-state index >= 15 is 0 Å². The molecular formula is C16H30N4O3S. The van der Waals surface area contributed by atoms with Gasteiger partial charge in [0.1, 0.15) is 11.3 Å². The molecule has 1 atom stereocenters. The van der Waals surface area contributed by atoms with Gasteiger partial charge in [-0.2, -0.15) is 4.31 Å². The molecule has 1 aliphatic heterocycles. The zero-order valence-corrected chi connectivity index (χ0v) is 16.2. The van der Waals surface area contributed by atoms with Gasteiger partial charge in [0, 0.05) is 19.1 Å². The third-order valence-electron chi connectivity index (χ3n) is 4.46. The molecule has 0 unspecified atom stereocenters. The van der Waals surface area contributed by atoms with E-state index in [-0.39, 0.29) is 23.8 Å². The normalized spacial score (nSPS) is 23.8. The number of rotatable bonds is 5. The van der Waals surface area contributed by atoms with Gasteiger partial charge >= 0.3 is 0 Å². The Kier molecular flexibility index (Phi) is 5.42. The summed E-state index contributed by atoms with van der Waals surface area (Å²) in [5.41, 5.74) is -0.855. The molecule has 1 aromatic rings. The zero-order chi connectivity index (χ0) is 18.2. The lowest BCUT2D eigenvalue weighted by Crippen LogP contribution is -2.49. The van der Waals surface area contributed by atoms with Crippen LogP contribution in [-0.4, -0.2) is 51.7 Å². The van der Waals surface area contributed by atoms with Crippen molar-refractivity contribution in [1.82, 2.24) is 19.3 Å². The van der Waals surface area contributed by atoms with E-state index in [2.05, 4.69) is 10.3 Å². The highest BCUT2D eigenvalue weighted by molar-refractivity contribution is 7.89. The molecule has 0 bridgehead atoms. The van der Waals surface area contributed by atoms with E-state index in [4.69, 9.17) is 0 Å². The topological polar surface area (TPSA) is 88.3 Å². The Labute approximate surface area is 145 Å². The summed E-state index contributed by atoms with van der Waals surface area (Å²) >= 11 is 0. The van der Waals surface area contributed by atoms with Crippen molar-refractivity contribution in [3.05, 3.63) is 11.9 Å². The minimum atomic E-state index is -3.39. The molecule has 138 valence electrons. The minimum Gasteiger partial charge on any atom is -0.382 e. The van der Waals surface area contributed by atoms with Gasteiger partial charge in [0.25, 0.3) is 0 Å². The zero-order valence-electron chi connectivity index (χ0n) is 15.4. The first-order valence-corrected chi connectivity index (χ1v) is 10.2. The van der Waals surface area contributed by atoms with E-state index in [1.54, 1.807) is 10.9 Å². The molecule has 0 aromatic carbocycles. The number of hydrogen-bond acceptors (Lipinski definition) is 5. The average Bonchev–Trinajstić information content (AvgIpc) is 2.95. The van der Waals surface area contributed by atoms with E-state index in [1.807, 2.05) is 34.6 Å². The molecule has 0 spiro atoms. The van der Waals surface area contributed by atoms with Crippen molar-refractivity contribution in [3.63, 3.8) is 0 Å². The fourth-order valence-corrected chi connectivity index (χ4v) is 4.70. The van der Waals surface area contributed by atoms with Crippen molar-refractivity contribution >= 4 is 10.0 Å². The first kappa shape index (κ1) is 19.3. The Morgan fingerprint density at radius 3 is 2.58 bits per heavy atom. The third-order valence-corrected chi connectivity index (χ3v) is 6.27. The van der Waals surface area contributed by atoms with Gasteiger partial charge in [-0.15, -0.1) is 5.10 Å². The van der Waals surface area contributed by atoms with Crippen LogP contribution < -0.4 is 0 Å². The van der Waals surface area contributed by atoms with E-state index in [0.717, 1.165) is 0 Å². The summed E-state index contributed by atoms with van der Waals surface area (Å²) in [7, 11) is -3.39. The highest BCUT2D eigenvalue weighted by atomic mass is 32.2. The number of nitrogens with zero attached hydrogens (tertiary/aromatic N) is 4. The van der Waals surface area contributed by atoms with Crippen LogP contribution in [0.2, 0.25) is 0 Å². The van der Waals surface area contributed by atoms with E-state index in [0.29, 0.717) is 31.5 Å². The van der Waals surface area contributed by atoms with Crippen LogP contribution >= 0.6 is 0 Å². The first-order valence-electron chi connectivity index (χ1n) is 8.55. The smallest absolute Gasteiger partial charge is 0.214 e. The number of sulfonamides is 1. The second-order valence-electron chi connectivity index (χ2n) is 8.27. The standard InChI is InChI=1S/C16H30N4O3S/c1-13(2)20-11-14(17-18-20)16(21)7-6-9-19(12-16)24(22,23)10-8-15(3,4)5/h11,13,21H,6-10,12H2,1-5H3/t16-/m1/s1. The summed E-state index contributed by atoms with van der Waals surface area (Å²) in [5.74, 6) is 0.102. The number of β-amino-alcohol motifs (C(OH)–C–C–N with tert-alkyl or cyclic N) is 1. The van der Waals surface area contributed by atoms with Crippen LogP contribution in [0.5, 0.6) is 0 Å². The fraction of sp³-hybridized carbons (Fsp3) is 0.875. The molecule has 2 heterocycles. The summed E-state index contributed by atoms with van der Waals surface area (Å²) in [6, 6.07) is 0.144. The van der Waals surface area contributed by atoms with Crippen LogP contribution in [0.25, 0.3) is 0 Å². The maximum atomic E-state index is 12.6. The Bertz CT molecular complexity index is 663. The summed E-state index contributed by atoms with van der Waals surface area (Å²) in [6.07, 6.45) is 3.42. The van der Waals surface area contributed by atoms with Gasteiger partial charge in [0.05, 0.1) is 11.9 Å². The largest absolute Gasteiger partial charge is 0.382 e. The van der Waals surface area contributed by atoms with Crippen molar-refractivity contribution < 1.29 is 13.5 Å². The number of piperidine rings is 1. The molecule has 1 fully saturated rings. The average molecular weight is 359 g/mol. The predicted octanol–water partition coefficient (Wildman–Crippen LogP) is 1.91. The van der Waals surface area contributed by atoms with Crippen LogP contribution in [0.15, 0.2) is 6.20 Å². The second-order valence-corrected chi connectivity index (χ2v) is 10.4. The van der Waals surface area contributed by atoms with E-state index in [9.17, 15) is 13.5 Å². The summed E-state index contributed by atoms with van der Waals surface area (Å²) in [5, 5.41) is 19.1. The molecule has 1 aliphatic rings. The monoisotopic (exact) mass is 358 g/mol. The number of aliphatic hydroxyl groups is 1. The number of aromatic nitrogens is 3. The molecule has 1 aromatic heterocycles. The van der Waals surface area contributed by atoms with Crippen LogP contribution in [-0.2, 0) is 15.6 Å². The summed E-state index contributed by atoms with van der Waals surface area (Å²) in [4.78, 5) is 0. The summed E-state index contributed by atoms with van der Waals surface area (Å²) in [6.45, 7) is 10.5. The SMILES string of the molecule is CC(C)n1cc([C@@]2(O)CCCN(S(=O)(=O)CCC(C)(C)C)C2)nn1. The maximum Gasteiger partial charge on any atom is 0.214 e. The highest BCUT2D eigenvalue weighted by Gasteiger charge is 2.41.